The first-order chi connectivity index (χ1) is 7.93. The summed E-state index contributed by atoms with van der Waals surface area (Å²) in [5, 5.41) is 8.40. The van der Waals surface area contributed by atoms with Crippen LogP contribution in [0.25, 0.3) is 0 Å². The van der Waals surface area contributed by atoms with Crippen molar-refractivity contribution in [3.63, 3.8) is 0 Å². The average molecular weight is 238 g/mol. The number of allylic oxidation sites excluding steroid dienone is 3. The van der Waals surface area contributed by atoms with Crippen LogP contribution in [0.1, 0.15) is 47.0 Å². The Balaban J connectivity index is 3.72. The SMILES string of the molecule is CC(C/C=C/C=C/C(=O)O)CCC(C)C(C)C. The molecule has 0 saturated heterocycles. The Kier molecular flexibility index (Phi) is 8.47. The third kappa shape index (κ3) is 9.86. The minimum Gasteiger partial charge on any atom is -0.478 e. The molecular formula is C15H26O2. The van der Waals surface area contributed by atoms with Crippen molar-refractivity contribution in [2.75, 3.05) is 0 Å². The predicted octanol–water partition coefficient (Wildman–Crippen LogP) is 4.28. The third-order valence-electron chi connectivity index (χ3n) is 3.28. The van der Waals surface area contributed by atoms with Crippen LogP contribution in [0.5, 0.6) is 0 Å². The molecule has 2 unspecified atom stereocenters. The van der Waals surface area contributed by atoms with Gasteiger partial charge in [0.15, 0.2) is 0 Å². The summed E-state index contributed by atoms with van der Waals surface area (Å²) in [5.74, 6) is 1.32. The first-order valence-corrected chi connectivity index (χ1v) is 6.49. The molecule has 0 fully saturated rings. The van der Waals surface area contributed by atoms with Gasteiger partial charge in [-0.2, -0.15) is 0 Å². The summed E-state index contributed by atoms with van der Waals surface area (Å²) in [6, 6.07) is 0. The fourth-order valence-electron chi connectivity index (χ4n) is 1.53. The van der Waals surface area contributed by atoms with E-state index in [1.54, 1.807) is 6.08 Å². The predicted molar refractivity (Wildman–Crippen MR) is 72.9 cm³/mol. The van der Waals surface area contributed by atoms with Crippen molar-refractivity contribution in [3.8, 4) is 0 Å². The molecule has 2 atom stereocenters. The molecule has 98 valence electrons. The molecule has 0 rings (SSSR count). The van der Waals surface area contributed by atoms with Crippen molar-refractivity contribution in [1.82, 2.24) is 0 Å². The molecule has 0 aromatic heterocycles. The Bertz CT molecular complexity index is 264. The van der Waals surface area contributed by atoms with Gasteiger partial charge in [-0.15, -0.1) is 0 Å². The molecule has 0 saturated carbocycles. The molecule has 17 heavy (non-hydrogen) atoms. The number of carboxylic acid groups (broad SMARTS) is 1. The van der Waals surface area contributed by atoms with E-state index in [9.17, 15) is 4.79 Å². The highest BCUT2D eigenvalue weighted by atomic mass is 16.4. The fourth-order valence-corrected chi connectivity index (χ4v) is 1.53. The first kappa shape index (κ1) is 16.0. The van der Waals surface area contributed by atoms with E-state index in [0.29, 0.717) is 5.92 Å². The van der Waals surface area contributed by atoms with Crippen molar-refractivity contribution in [3.05, 3.63) is 24.3 Å². The Morgan fingerprint density at radius 2 is 1.76 bits per heavy atom. The molecule has 0 bridgehead atoms. The number of aliphatic carboxylic acids is 1. The van der Waals surface area contributed by atoms with Gasteiger partial charge in [-0.25, -0.2) is 4.79 Å². The van der Waals surface area contributed by atoms with E-state index in [2.05, 4.69) is 27.7 Å². The van der Waals surface area contributed by atoms with Crippen molar-refractivity contribution in [1.29, 1.82) is 0 Å². The molecule has 1 N–H and O–H groups in total. The zero-order valence-electron chi connectivity index (χ0n) is 11.5. The number of carboxylic acids is 1. The molecule has 0 aliphatic carbocycles. The normalized spacial score (nSPS) is 15.8. The van der Waals surface area contributed by atoms with Gasteiger partial charge >= 0.3 is 5.97 Å². The van der Waals surface area contributed by atoms with Gasteiger partial charge in [0, 0.05) is 6.08 Å². The Morgan fingerprint density at radius 1 is 1.12 bits per heavy atom. The number of hydrogen-bond acceptors (Lipinski definition) is 1. The monoisotopic (exact) mass is 238 g/mol. The molecule has 2 heteroatoms. The molecule has 0 aromatic carbocycles. The van der Waals surface area contributed by atoms with Crippen LogP contribution in [0.4, 0.5) is 0 Å². The van der Waals surface area contributed by atoms with Crippen LogP contribution in [0.3, 0.4) is 0 Å². The maximum Gasteiger partial charge on any atom is 0.328 e. The topological polar surface area (TPSA) is 37.3 Å². The summed E-state index contributed by atoms with van der Waals surface area (Å²) < 4.78 is 0. The molecule has 0 amide bonds. The van der Waals surface area contributed by atoms with E-state index in [4.69, 9.17) is 5.11 Å². The zero-order valence-corrected chi connectivity index (χ0v) is 11.5. The second-order valence-corrected chi connectivity index (χ2v) is 5.27. The quantitative estimate of drug-likeness (QED) is 0.506. The summed E-state index contributed by atoms with van der Waals surface area (Å²) in [5.41, 5.74) is 0. The maximum absolute atomic E-state index is 10.2. The van der Waals surface area contributed by atoms with E-state index in [1.807, 2.05) is 12.2 Å². The number of hydrogen-bond donors (Lipinski definition) is 1. The highest BCUT2D eigenvalue weighted by Crippen LogP contribution is 2.20. The lowest BCUT2D eigenvalue weighted by Gasteiger charge is -2.17. The van der Waals surface area contributed by atoms with Crippen LogP contribution in [-0.2, 0) is 4.79 Å². The first-order valence-electron chi connectivity index (χ1n) is 6.49. The van der Waals surface area contributed by atoms with E-state index >= 15 is 0 Å². The zero-order chi connectivity index (χ0) is 13.3. The minimum atomic E-state index is -0.895. The second-order valence-electron chi connectivity index (χ2n) is 5.27. The summed E-state index contributed by atoms with van der Waals surface area (Å²) >= 11 is 0. The van der Waals surface area contributed by atoms with E-state index in [1.165, 1.54) is 12.8 Å². The molecule has 0 aliphatic rings. The van der Waals surface area contributed by atoms with Gasteiger partial charge in [-0.05, 0) is 24.2 Å². The van der Waals surface area contributed by atoms with Gasteiger partial charge in [0.1, 0.15) is 0 Å². The highest BCUT2D eigenvalue weighted by Gasteiger charge is 2.08. The molecule has 0 aromatic rings. The second kappa shape index (κ2) is 9.03. The lowest BCUT2D eigenvalue weighted by Crippen LogP contribution is -2.05. The van der Waals surface area contributed by atoms with Crippen LogP contribution in [0.15, 0.2) is 24.3 Å². The van der Waals surface area contributed by atoms with Crippen LogP contribution >= 0.6 is 0 Å². The standard InChI is InChI=1S/C15H26O2/c1-12(2)14(4)11-10-13(3)8-6-5-7-9-15(16)17/h5-7,9,12-14H,8,10-11H2,1-4H3,(H,16,17)/b6-5+,9-7+. The van der Waals surface area contributed by atoms with Crippen LogP contribution in [0, 0.1) is 17.8 Å². The van der Waals surface area contributed by atoms with Crippen molar-refractivity contribution >= 4 is 5.97 Å². The largest absolute Gasteiger partial charge is 0.478 e. The molecule has 0 aliphatic heterocycles. The molecule has 2 nitrogen and oxygen atoms in total. The van der Waals surface area contributed by atoms with E-state index < -0.39 is 5.97 Å². The molecular weight excluding hydrogens is 212 g/mol. The Labute approximate surface area is 105 Å². The molecule has 0 radical (unpaired) electrons. The van der Waals surface area contributed by atoms with Gasteiger partial charge in [-0.3, -0.25) is 0 Å². The van der Waals surface area contributed by atoms with Crippen LogP contribution < -0.4 is 0 Å². The number of carbonyl (C=O) groups is 1. The van der Waals surface area contributed by atoms with Gasteiger partial charge in [0.25, 0.3) is 0 Å². The van der Waals surface area contributed by atoms with E-state index in [0.717, 1.165) is 24.3 Å². The van der Waals surface area contributed by atoms with Crippen LogP contribution in [-0.4, -0.2) is 11.1 Å². The summed E-state index contributed by atoms with van der Waals surface area (Å²) in [7, 11) is 0. The van der Waals surface area contributed by atoms with Gasteiger partial charge in [-0.1, -0.05) is 58.8 Å². The van der Waals surface area contributed by atoms with E-state index in [-0.39, 0.29) is 0 Å². The summed E-state index contributed by atoms with van der Waals surface area (Å²) in [6.45, 7) is 9.10. The third-order valence-corrected chi connectivity index (χ3v) is 3.28. The summed E-state index contributed by atoms with van der Waals surface area (Å²) in [6.07, 6.45) is 10.1. The fraction of sp³-hybridized carbons (Fsp3) is 0.667. The van der Waals surface area contributed by atoms with Gasteiger partial charge in [0.05, 0.1) is 0 Å². The van der Waals surface area contributed by atoms with Crippen molar-refractivity contribution in [2.24, 2.45) is 17.8 Å². The average Bonchev–Trinajstić information content (AvgIpc) is 2.24. The van der Waals surface area contributed by atoms with Gasteiger partial charge < -0.3 is 5.11 Å². The van der Waals surface area contributed by atoms with Crippen LogP contribution in [0.2, 0.25) is 0 Å². The Morgan fingerprint density at radius 3 is 2.29 bits per heavy atom. The Hall–Kier alpha value is -1.05. The highest BCUT2D eigenvalue weighted by molar-refractivity contribution is 5.80. The maximum atomic E-state index is 10.2. The number of rotatable bonds is 8. The summed E-state index contributed by atoms with van der Waals surface area (Å²) in [4.78, 5) is 10.2. The molecule has 0 heterocycles. The lowest BCUT2D eigenvalue weighted by molar-refractivity contribution is -0.131. The minimum absolute atomic E-state index is 0.672. The smallest absolute Gasteiger partial charge is 0.328 e. The lowest BCUT2D eigenvalue weighted by atomic mass is 9.89. The van der Waals surface area contributed by atoms with Gasteiger partial charge in [0.2, 0.25) is 0 Å². The molecule has 0 spiro atoms. The van der Waals surface area contributed by atoms with Crippen molar-refractivity contribution < 1.29 is 9.90 Å². The van der Waals surface area contributed by atoms with Crippen molar-refractivity contribution in [2.45, 2.75) is 47.0 Å².